The van der Waals surface area contributed by atoms with Crippen molar-refractivity contribution in [2.75, 3.05) is 20.6 Å². The Morgan fingerprint density at radius 2 is 2.00 bits per heavy atom. The fourth-order valence-corrected chi connectivity index (χ4v) is 1.43. The van der Waals surface area contributed by atoms with Gasteiger partial charge in [-0.15, -0.1) is 0 Å². The van der Waals surface area contributed by atoms with Gasteiger partial charge in [-0.05, 0) is 25.2 Å². The van der Waals surface area contributed by atoms with E-state index in [4.69, 9.17) is 6.57 Å². The van der Waals surface area contributed by atoms with Crippen molar-refractivity contribution in [2.24, 2.45) is 0 Å². The van der Waals surface area contributed by atoms with E-state index in [0.29, 0.717) is 6.54 Å². The molecule has 0 bridgehead atoms. The summed E-state index contributed by atoms with van der Waals surface area (Å²) in [6.45, 7) is 8.29. The van der Waals surface area contributed by atoms with Crippen molar-refractivity contribution in [1.82, 2.24) is 4.90 Å². The maximum Gasteiger partial charge on any atom is 0.218 e. The van der Waals surface area contributed by atoms with Crippen molar-refractivity contribution < 1.29 is 0 Å². The van der Waals surface area contributed by atoms with Crippen LogP contribution in [0.2, 0.25) is 0 Å². The van der Waals surface area contributed by atoms with E-state index in [1.165, 1.54) is 11.1 Å². The van der Waals surface area contributed by atoms with Crippen LogP contribution in [0.5, 0.6) is 0 Å². The lowest BCUT2D eigenvalue weighted by atomic mass is 10.1. The highest BCUT2D eigenvalue weighted by atomic mass is 15.0. The van der Waals surface area contributed by atoms with Gasteiger partial charge >= 0.3 is 0 Å². The van der Waals surface area contributed by atoms with E-state index in [9.17, 15) is 0 Å². The summed E-state index contributed by atoms with van der Waals surface area (Å²) in [6, 6.07) is 8.47. The zero-order valence-electron chi connectivity index (χ0n) is 8.83. The average molecular weight is 188 g/mol. The highest BCUT2D eigenvalue weighted by Gasteiger charge is 1.98. The zero-order valence-corrected chi connectivity index (χ0v) is 8.83. The third-order valence-corrected chi connectivity index (χ3v) is 2.00. The topological polar surface area (TPSA) is 7.60 Å². The van der Waals surface area contributed by atoms with Gasteiger partial charge in [0.2, 0.25) is 6.54 Å². The molecular weight excluding hydrogens is 172 g/mol. The molecule has 2 nitrogen and oxygen atoms in total. The van der Waals surface area contributed by atoms with Crippen LogP contribution in [0.25, 0.3) is 4.85 Å². The Kier molecular flexibility index (Phi) is 4.15. The molecule has 14 heavy (non-hydrogen) atoms. The molecule has 1 aromatic carbocycles. The Balaban J connectivity index is 2.65. The van der Waals surface area contributed by atoms with Crippen LogP contribution in [-0.4, -0.2) is 25.5 Å². The zero-order chi connectivity index (χ0) is 10.4. The van der Waals surface area contributed by atoms with E-state index in [1.54, 1.807) is 0 Å². The van der Waals surface area contributed by atoms with Crippen LogP contribution in [0.4, 0.5) is 0 Å². The fourth-order valence-electron chi connectivity index (χ4n) is 1.43. The molecule has 0 aliphatic carbocycles. The van der Waals surface area contributed by atoms with Gasteiger partial charge in [-0.3, -0.25) is 0 Å². The second-order valence-corrected chi connectivity index (χ2v) is 3.69. The van der Waals surface area contributed by atoms with Crippen LogP contribution in [0.3, 0.4) is 0 Å². The third kappa shape index (κ3) is 3.59. The van der Waals surface area contributed by atoms with E-state index in [-0.39, 0.29) is 0 Å². The summed E-state index contributed by atoms with van der Waals surface area (Å²) in [7, 11) is 4.12. The van der Waals surface area contributed by atoms with Crippen LogP contribution in [0.15, 0.2) is 24.3 Å². The highest BCUT2D eigenvalue weighted by molar-refractivity contribution is 5.23. The summed E-state index contributed by atoms with van der Waals surface area (Å²) in [5, 5.41) is 0. The van der Waals surface area contributed by atoms with E-state index in [1.807, 2.05) is 0 Å². The van der Waals surface area contributed by atoms with Crippen LogP contribution < -0.4 is 0 Å². The molecule has 0 N–H and O–H groups in total. The molecule has 0 heterocycles. The van der Waals surface area contributed by atoms with Crippen LogP contribution >= 0.6 is 0 Å². The van der Waals surface area contributed by atoms with Crippen molar-refractivity contribution in [1.29, 1.82) is 0 Å². The fraction of sp³-hybridized carbons (Fsp3) is 0.417. The molecule has 0 aromatic heterocycles. The second-order valence-electron chi connectivity index (χ2n) is 3.69. The summed E-state index contributed by atoms with van der Waals surface area (Å²) >= 11 is 0. The van der Waals surface area contributed by atoms with Gasteiger partial charge in [-0.25, -0.2) is 6.57 Å². The number of benzene rings is 1. The predicted octanol–water partition coefficient (Wildman–Crippen LogP) is 2.21. The van der Waals surface area contributed by atoms with Gasteiger partial charge in [0.25, 0.3) is 0 Å². The van der Waals surface area contributed by atoms with E-state index >= 15 is 0 Å². The Morgan fingerprint density at radius 3 is 2.64 bits per heavy atom. The normalized spacial score (nSPS) is 10.1. The first-order valence-corrected chi connectivity index (χ1v) is 4.78. The first-order valence-electron chi connectivity index (χ1n) is 4.78. The van der Waals surface area contributed by atoms with Crippen LogP contribution in [0.1, 0.15) is 11.1 Å². The first-order chi connectivity index (χ1) is 6.72. The molecule has 1 rings (SSSR count). The summed E-state index contributed by atoms with van der Waals surface area (Å²) in [6.07, 6.45) is 0.866. The molecule has 0 atom stereocenters. The summed E-state index contributed by atoms with van der Waals surface area (Å²) < 4.78 is 0. The highest BCUT2D eigenvalue weighted by Crippen LogP contribution is 2.07. The Hall–Kier alpha value is -1.33. The van der Waals surface area contributed by atoms with Gasteiger partial charge in [0.05, 0.1) is 0 Å². The lowest BCUT2D eigenvalue weighted by Crippen LogP contribution is -2.10. The smallest absolute Gasteiger partial charge is 0.218 e. The van der Waals surface area contributed by atoms with Crippen LogP contribution in [-0.2, 0) is 13.0 Å². The van der Waals surface area contributed by atoms with Crippen molar-refractivity contribution >= 4 is 0 Å². The molecule has 0 saturated carbocycles. The van der Waals surface area contributed by atoms with Gasteiger partial charge in [0.15, 0.2) is 0 Å². The van der Waals surface area contributed by atoms with Crippen LogP contribution in [0, 0.1) is 6.57 Å². The summed E-state index contributed by atoms with van der Waals surface area (Å²) in [5.41, 5.74) is 2.58. The summed E-state index contributed by atoms with van der Waals surface area (Å²) in [4.78, 5) is 5.51. The molecule has 0 saturated heterocycles. The number of nitrogens with zero attached hydrogens (tertiary/aromatic N) is 2. The molecule has 0 spiro atoms. The predicted molar refractivity (Wildman–Crippen MR) is 59.0 cm³/mol. The first kappa shape index (κ1) is 10.7. The van der Waals surface area contributed by atoms with Gasteiger partial charge < -0.3 is 9.74 Å². The maximum absolute atomic E-state index is 6.74. The van der Waals surface area contributed by atoms with Gasteiger partial charge in [0, 0.05) is 13.0 Å². The second kappa shape index (κ2) is 5.41. The lowest BCUT2D eigenvalue weighted by Gasteiger charge is -2.10. The molecule has 1 aromatic rings. The molecule has 0 amide bonds. The number of rotatable bonds is 4. The monoisotopic (exact) mass is 188 g/mol. The SMILES string of the molecule is [C-]#[N+]CCc1cccc(CN(C)C)c1. The molecule has 0 radical (unpaired) electrons. The van der Waals surface area contributed by atoms with E-state index in [0.717, 1.165) is 13.0 Å². The summed E-state index contributed by atoms with van der Waals surface area (Å²) in [5.74, 6) is 0. The van der Waals surface area contributed by atoms with Gasteiger partial charge in [0.1, 0.15) is 0 Å². The largest absolute Gasteiger partial charge is 0.317 e. The minimum Gasteiger partial charge on any atom is -0.317 e. The Labute approximate surface area is 86.0 Å². The van der Waals surface area contributed by atoms with Gasteiger partial charge in [-0.2, -0.15) is 0 Å². The Bertz CT molecular complexity index is 323. The third-order valence-electron chi connectivity index (χ3n) is 2.00. The van der Waals surface area contributed by atoms with Crippen molar-refractivity contribution in [3.05, 3.63) is 46.8 Å². The molecule has 0 aliphatic heterocycles. The number of hydrogen-bond acceptors (Lipinski definition) is 1. The van der Waals surface area contributed by atoms with E-state index < -0.39 is 0 Å². The molecule has 74 valence electrons. The molecule has 0 unspecified atom stereocenters. The van der Waals surface area contributed by atoms with Gasteiger partial charge in [-0.1, -0.05) is 24.3 Å². The molecule has 2 heteroatoms. The quantitative estimate of drug-likeness (QED) is 0.657. The minimum absolute atomic E-state index is 0.589. The maximum atomic E-state index is 6.74. The van der Waals surface area contributed by atoms with E-state index in [2.05, 4.69) is 48.1 Å². The van der Waals surface area contributed by atoms with Crippen molar-refractivity contribution in [3.8, 4) is 0 Å². The number of hydrogen-bond donors (Lipinski definition) is 0. The average Bonchev–Trinajstić information content (AvgIpc) is 2.14. The molecular formula is C12H16N2. The van der Waals surface area contributed by atoms with Crippen molar-refractivity contribution in [2.45, 2.75) is 13.0 Å². The molecule has 0 aliphatic rings. The molecule has 0 fully saturated rings. The lowest BCUT2D eigenvalue weighted by molar-refractivity contribution is 0.402. The van der Waals surface area contributed by atoms with Crippen molar-refractivity contribution in [3.63, 3.8) is 0 Å². The Morgan fingerprint density at radius 1 is 1.29 bits per heavy atom. The minimum atomic E-state index is 0.589. The standard InChI is InChI=1S/C12H16N2/c1-13-8-7-11-5-4-6-12(9-11)10-14(2)3/h4-6,9H,7-8,10H2,2-3H3.